The summed E-state index contributed by atoms with van der Waals surface area (Å²) in [5.74, 6) is 0.720. The zero-order chi connectivity index (χ0) is 27.0. The molecule has 5 nitrogen and oxygen atoms in total. The molecule has 0 saturated heterocycles. The molecule has 5 heteroatoms. The van der Waals surface area contributed by atoms with Gasteiger partial charge >= 0.3 is 11.9 Å². The van der Waals surface area contributed by atoms with Gasteiger partial charge in [-0.1, -0.05) is 70.9 Å². The van der Waals surface area contributed by atoms with Crippen LogP contribution in [0.4, 0.5) is 0 Å². The minimum absolute atomic E-state index is 0.349. The van der Waals surface area contributed by atoms with Gasteiger partial charge in [0.25, 0.3) is 0 Å². The van der Waals surface area contributed by atoms with E-state index in [0.29, 0.717) is 29.2 Å². The summed E-state index contributed by atoms with van der Waals surface area (Å²) in [7, 11) is 0. The number of carbonyl (C=O) groups excluding carboxylic acids is 2. The van der Waals surface area contributed by atoms with Crippen molar-refractivity contribution in [3.63, 3.8) is 0 Å². The van der Waals surface area contributed by atoms with Crippen molar-refractivity contribution in [3.8, 4) is 17.2 Å². The average molecular weight is 517 g/mol. The summed E-state index contributed by atoms with van der Waals surface area (Å²) in [4.78, 5) is 25.1. The maximum absolute atomic E-state index is 12.5. The van der Waals surface area contributed by atoms with E-state index in [1.165, 1.54) is 50.5 Å². The van der Waals surface area contributed by atoms with Gasteiger partial charge in [0.05, 0.1) is 17.7 Å². The number of hydrogen-bond donors (Lipinski definition) is 0. The molecule has 0 atom stereocenters. The second kappa shape index (κ2) is 16.3. The molecule has 0 N–H and O–H groups in total. The molecular formula is C33H40O5. The Morgan fingerprint density at radius 1 is 0.526 bits per heavy atom. The van der Waals surface area contributed by atoms with Gasteiger partial charge < -0.3 is 14.2 Å². The SMILES string of the molecule is CCCCCCCCOc1ccc(OC(=O)c2ccc(C(=O)Oc3ccc(CCCCC)cc3)cc2)cc1. The first kappa shape index (κ1) is 29.0. The molecule has 0 aliphatic heterocycles. The van der Waals surface area contributed by atoms with Crippen LogP contribution < -0.4 is 14.2 Å². The van der Waals surface area contributed by atoms with Crippen molar-refractivity contribution < 1.29 is 23.8 Å². The Balaban J connectivity index is 1.43. The van der Waals surface area contributed by atoms with Crippen molar-refractivity contribution in [3.05, 3.63) is 89.5 Å². The summed E-state index contributed by atoms with van der Waals surface area (Å²) in [5.41, 5.74) is 1.94. The maximum Gasteiger partial charge on any atom is 0.343 e. The lowest BCUT2D eigenvalue weighted by atomic mass is 10.1. The van der Waals surface area contributed by atoms with Crippen LogP contribution in [0.3, 0.4) is 0 Å². The Bertz CT molecular complexity index is 1100. The van der Waals surface area contributed by atoms with E-state index in [2.05, 4.69) is 13.8 Å². The molecule has 0 aliphatic carbocycles. The van der Waals surface area contributed by atoms with E-state index in [-0.39, 0.29) is 0 Å². The Labute approximate surface area is 227 Å². The summed E-state index contributed by atoms with van der Waals surface area (Å²) >= 11 is 0. The van der Waals surface area contributed by atoms with Crippen molar-refractivity contribution in [2.75, 3.05) is 6.61 Å². The highest BCUT2D eigenvalue weighted by atomic mass is 16.5. The predicted molar refractivity (Wildman–Crippen MR) is 151 cm³/mol. The molecule has 0 spiro atoms. The molecule has 0 bridgehead atoms. The summed E-state index contributed by atoms with van der Waals surface area (Å²) in [6.45, 7) is 5.09. The Hall–Kier alpha value is -3.60. The van der Waals surface area contributed by atoms with Gasteiger partial charge in [-0.15, -0.1) is 0 Å². The second-order valence-electron chi connectivity index (χ2n) is 9.55. The van der Waals surface area contributed by atoms with Crippen LogP contribution in [-0.2, 0) is 6.42 Å². The first-order chi connectivity index (χ1) is 18.6. The van der Waals surface area contributed by atoms with Gasteiger partial charge in [-0.2, -0.15) is 0 Å². The van der Waals surface area contributed by atoms with Crippen molar-refractivity contribution in [1.29, 1.82) is 0 Å². The summed E-state index contributed by atoms with van der Waals surface area (Å²) < 4.78 is 16.7. The normalized spacial score (nSPS) is 10.7. The average Bonchev–Trinajstić information content (AvgIpc) is 2.94. The molecule has 0 amide bonds. The molecule has 202 valence electrons. The number of unbranched alkanes of at least 4 members (excludes halogenated alkanes) is 7. The van der Waals surface area contributed by atoms with E-state index in [1.807, 2.05) is 24.3 Å². The lowest BCUT2D eigenvalue weighted by Crippen LogP contribution is -2.11. The van der Waals surface area contributed by atoms with Crippen LogP contribution in [0.15, 0.2) is 72.8 Å². The molecule has 3 aromatic carbocycles. The fourth-order valence-corrected chi connectivity index (χ4v) is 4.05. The van der Waals surface area contributed by atoms with Gasteiger partial charge in [0.1, 0.15) is 17.2 Å². The van der Waals surface area contributed by atoms with Crippen LogP contribution in [0.5, 0.6) is 17.2 Å². The lowest BCUT2D eigenvalue weighted by molar-refractivity contribution is 0.0720. The fraction of sp³-hybridized carbons (Fsp3) is 0.394. The molecule has 0 heterocycles. The van der Waals surface area contributed by atoms with E-state index in [9.17, 15) is 9.59 Å². The van der Waals surface area contributed by atoms with Gasteiger partial charge in [-0.3, -0.25) is 0 Å². The topological polar surface area (TPSA) is 61.8 Å². The van der Waals surface area contributed by atoms with Crippen molar-refractivity contribution in [1.82, 2.24) is 0 Å². The van der Waals surface area contributed by atoms with Crippen molar-refractivity contribution in [2.45, 2.75) is 78.1 Å². The highest BCUT2D eigenvalue weighted by Crippen LogP contribution is 2.20. The molecule has 3 rings (SSSR count). The smallest absolute Gasteiger partial charge is 0.343 e. The third-order valence-electron chi connectivity index (χ3n) is 6.36. The summed E-state index contributed by atoms with van der Waals surface area (Å²) in [6.07, 6.45) is 11.9. The monoisotopic (exact) mass is 516 g/mol. The minimum atomic E-state index is -0.496. The van der Waals surface area contributed by atoms with Crippen LogP contribution in [0.25, 0.3) is 0 Å². The highest BCUT2D eigenvalue weighted by molar-refractivity contribution is 5.94. The fourth-order valence-electron chi connectivity index (χ4n) is 4.05. The number of rotatable bonds is 16. The Morgan fingerprint density at radius 2 is 0.974 bits per heavy atom. The van der Waals surface area contributed by atoms with Gasteiger partial charge in [0.15, 0.2) is 0 Å². The number of esters is 2. The van der Waals surface area contributed by atoms with Crippen LogP contribution in [0.1, 0.15) is 97.9 Å². The molecule has 0 unspecified atom stereocenters. The van der Waals surface area contributed by atoms with Crippen molar-refractivity contribution in [2.24, 2.45) is 0 Å². The molecule has 38 heavy (non-hydrogen) atoms. The first-order valence-corrected chi connectivity index (χ1v) is 13.9. The quantitative estimate of drug-likeness (QED) is 0.108. The van der Waals surface area contributed by atoms with Gasteiger partial charge in [-0.25, -0.2) is 9.59 Å². The third-order valence-corrected chi connectivity index (χ3v) is 6.36. The predicted octanol–water partition coefficient (Wildman–Crippen LogP) is 8.60. The molecule has 0 radical (unpaired) electrons. The lowest BCUT2D eigenvalue weighted by Gasteiger charge is -2.09. The summed E-state index contributed by atoms with van der Waals surface area (Å²) in [6, 6.07) is 20.9. The van der Waals surface area contributed by atoms with E-state index in [4.69, 9.17) is 14.2 Å². The van der Waals surface area contributed by atoms with Gasteiger partial charge in [0.2, 0.25) is 0 Å². The maximum atomic E-state index is 12.5. The largest absolute Gasteiger partial charge is 0.494 e. The van der Waals surface area contributed by atoms with Crippen molar-refractivity contribution >= 4 is 11.9 Å². The minimum Gasteiger partial charge on any atom is -0.494 e. The van der Waals surface area contributed by atoms with Gasteiger partial charge in [-0.05, 0) is 85.5 Å². The van der Waals surface area contributed by atoms with Crippen LogP contribution in [0, 0.1) is 0 Å². The third kappa shape index (κ3) is 10.0. The molecule has 0 aliphatic rings. The van der Waals surface area contributed by atoms with Crippen LogP contribution in [-0.4, -0.2) is 18.5 Å². The van der Waals surface area contributed by atoms with Crippen LogP contribution >= 0.6 is 0 Å². The van der Waals surface area contributed by atoms with Crippen LogP contribution in [0.2, 0.25) is 0 Å². The Morgan fingerprint density at radius 3 is 1.53 bits per heavy atom. The second-order valence-corrected chi connectivity index (χ2v) is 9.55. The summed E-state index contributed by atoms with van der Waals surface area (Å²) in [5, 5.41) is 0. The zero-order valence-corrected chi connectivity index (χ0v) is 22.7. The van der Waals surface area contributed by atoms with E-state index in [1.54, 1.807) is 48.5 Å². The van der Waals surface area contributed by atoms with E-state index >= 15 is 0 Å². The molecule has 3 aromatic rings. The molecule has 0 saturated carbocycles. The number of benzene rings is 3. The highest BCUT2D eigenvalue weighted by Gasteiger charge is 2.13. The number of hydrogen-bond acceptors (Lipinski definition) is 5. The first-order valence-electron chi connectivity index (χ1n) is 13.9. The van der Waals surface area contributed by atoms with Gasteiger partial charge in [0, 0.05) is 0 Å². The zero-order valence-electron chi connectivity index (χ0n) is 22.7. The number of aryl methyl sites for hydroxylation is 1. The number of ether oxygens (including phenoxy) is 3. The molecule has 0 fully saturated rings. The number of carbonyl (C=O) groups is 2. The molecular weight excluding hydrogens is 476 g/mol. The van der Waals surface area contributed by atoms with E-state index in [0.717, 1.165) is 25.0 Å². The molecule has 0 aromatic heterocycles. The standard InChI is InChI=1S/C33H40O5/c1-3-5-7-8-9-11-25-36-29-21-23-31(24-22-29)38-33(35)28-17-15-27(16-18-28)32(34)37-30-19-13-26(14-20-30)12-10-6-4-2/h13-24H,3-12,25H2,1-2H3. The van der Waals surface area contributed by atoms with E-state index < -0.39 is 11.9 Å². The Kier molecular flexibility index (Phi) is 12.4.